The highest BCUT2D eigenvalue weighted by atomic mass is 19.1. The molecule has 0 bridgehead atoms. The number of halogens is 1. The molecule has 1 aromatic rings. The van der Waals surface area contributed by atoms with Crippen molar-refractivity contribution in [3.05, 3.63) is 29.6 Å². The average molecular weight is 265 g/mol. The Bertz CT molecular complexity index is 460. The molecule has 4 nitrogen and oxygen atoms in total. The Morgan fingerprint density at radius 3 is 2.89 bits per heavy atom. The first-order valence-corrected chi connectivity index (χ1v) is 6.51. The predicted molar refractivity (Wildman–Crippen MR) is 74.2 cm³/mol. The molecule has 0 aromatic heterocycles. The van der Waals surface area contributed by atoms with E-state index in [4.69, 9.17) is 15.9 Å². The minimum Gasteiger partial charge on any atom is -0.384 e. The SMILES string of the molecule is CN(CCOCC1CC1)c1cccc(F)c1C(=N)N. The normalized spacial score (nSPS) is 14.4. The first-order chi connectivity index (χ1) is 9.09. The molecule has 1 aliphatic rings. The van der Waals surface area contributed by atoms with Gasteiger partial charge in [-0.3, -0.25) is 5.41 Å². The van der Waals surface area contributed by atoms with Crippen LogP contribution in [0.5, 0.6) is 0 Å². The topological polar surface area (TPSA) is 62.3 Å². The third-order valence-corrected chi connectivity index (χ3v) is 3.29. The molecule has 0 aliphatic heterocycles. The first-order valence-electron chi connectivity index (χ1n) is 6.51. The van der Waals surface area contributed by atoms with Gasteiger partial charge in [-0.1, -0.05) is 6.07 Å². The van der Waals surface area contributed by atoms with Crippen LogP contribution in [0.1, 0.15) is 18.4 Å². The zero-order valence-electron chi connectivity index (χ0n) is 11.2. The summed E-state index contributed by atoms with van der Waals surface area (Å²) in [6, 6.07) is 4.71. The largest absolute Gasteiger partial charge is 0.384 e. The molecule has 5 heteroatoms. The van der Waals surface area contributed by atoms with Crippen molar-refractivity contribution >= 4 is 11.5 Å². The van der Waals surface area contributed by atoms with Crippen LogP contribution in [0, 0.1) is 17.1 Å². The highest BCUT2D eigenvalue weighted by Crippen LogP contribution is 2.28. The second-order valence-electron chi connectivity index (χ2n) is 4.99. The lowest BCUT2D eigenvalue weighted by molar-refractivity contribution is 0.131. The molecule has 0 saturated heterocycles. The first kappa shape index (κ1) is 13.8. The number of ether oxygens (including phenoxy) is 1. The highest BCUT2D eigenvalue weighted by Gasteiger charge is 2.21. The summed E-state index contributed by atoms with van der Waals surface area (Å²) in [5.41, 5.74) is 6.23. The summed E-state index contributed by atoms with van der Waals surface area (Å²) < 4.78 is 19.2. The lowest BCUT2D eigenvalue weighted by Crippen LogP contribution is -2.27. The molecule has 1 aromatic carbocycles. The van der Waals surface area contributed by atoms with Gasteiger partial charge in [-0.2, -0.15) is 0 Å². The van der Waals surface area contributed by atoms with E-state index in [1.807, 2.05) is 11.9 Å². The van der Waals surface area contributed by atoms with Crippen LogP contribution in [0.15, 0.2) is 18.2 Å². The fourth-order valence-corrected chi connectivity index (χ4v) is 1.95. The van der Waals surface area contributed by atoms with Crippen LogP contribution >= 0.6 is 0 Å². The summed E-state index contributed by atoms with van der Waals surface area (Å²) >= 11 is 0. The third kappa shape index (κ3) is 3.67. The minimum absolute atomic E-state index is 0.159. The molecule has 0 atom stereocenters. The van der Waals surface area contributed by atoms with Crippen LogP contribution in [-0.4, -0.2) is 32.6 Å². The molecule has 0 spiro atoms. The molecule has 104 valence electrons. The zero-order valence-corrected chi connectivity index (χ0v) is 11.2. The van der Waals surface area contributed by atoms with E-state index in [2.05, 4.69) is 0 Å². The molecule has 0 amide bonds. The molecule has 1 aliphatic carbocycles. The summed E-state index contributed by atoms with van der Waals surface area (Å²) in [4.78, 5) is 1.87. The van der Waals surface area contributed by atoms with Crippen LogP contribution in [0.2, 0.25) is 0 Å². The maximum atomic E-state index is 13.7. The van der Waals surface area contributed by atoms with Crippen LogP contribution < -0.4 is 10.6 Å². The standard InChI is InChI=1S/C14H20FN3O/c1-18(7-8-19-9-10-5-6-10)12-4-2-3-11(15)13(12)14(16)17/h2-4,10H,5-9H2,1H3,(H3,16,17). The molecular weight excluding hydrogens is 245 g/mol. The Morgan fingerprint density at radius 2 is 2.26 bits per heavy atom. The molecule has 0 heterocycles. The van der Waals surface area contributed by atoms with Gasteiger partial charge in [0, 0.05) is 20.2 Å². The van der Waals surface area contributed by atoms with Crippen molar-refractivity contribution in [1.29, 1.82) is 5.41 Å². The summed E-state index contributed by atoms with van der Waals surface area (Å²) in [6.45, 7) is 2.06. The van der Waals surface area contributed by atoms with E-state index in [1.165, 1.54) is 18.9 Å². The van der Waals surface area contributed by atoms with Crippen molar-refractivity contribution in [3.63, 3.8) is 0 Å². The number of anilines is 1. The number of nitrogens with zero attached hydrogens (tertiary/aromatic N) is 1. The van der Waals surface area contributed by atoms with E-state index in [9.17, 15) is 4.39 Å². The summed E-state index contributed by atoms with van der Waals surface area (Å²) in [7, 11) is 1.85. The summed E-state index contributed by atoms with van der Waals surface area (Å²) in [5.74, 6) is 0.0295. The van der Waals surface area contributed by atoms with Crippen LogP contribution in [-0.2, 0) is 4.74 Å². The van der Waals surface area contributed by atoms with Crippen molar-refractivity contribution in [2.75, 3.05) is 31.7 Å². The van der Waals surface area contributed by atoms with Gasteiger partial charge in [-0.05, 0) is 30.9 Å². The van der Waals surface area contributed by atoms with E-state index in [1.54, 1.807) is 12.1 Å². The average Bonchev–Trinajstić information content (AvgIpc) is 3.17. The van der Waals surface area contributed by atoms with E-state index < -0.39 is 5.82 Å². The molecule has 3 N–H and O–H groups in total. The van der Waals surface area contributed by atoms with Gasteiger partial charge in [0.15, 0.2) is 0 Å². The van der Waals surface area contributed by atoms with Crippen LogP contribution in [0.25, 0.3) is 0 Å². The van der Waals surface area contributed by atoms with Crippen molar-refractivity contribution in [2.24, 2.45) is 11.7 Å². The van der Waals surface area contributed by atoms with Gasteiger partial charge in [0.1, 0.15) is 11.7 Å². The van der Waals surface area contributed by atoms with Gasteiger partial charge in [0.25, 0.3) is 0 Å². The van der Waals surface area contributed by atoms with Crippen LogP contribution in [0.4, 0.5) is 10.1 Å². The second-order valence-corrected chi connectivity index (χ2v) is 4.99. The molecule has 19 heavy (non-hydrogen) atoms. The molecule has 0 radical (unpaired) electrons. The summed E-state index contributed by atoms with van der Waals surface area (Å²) in [6.07, 6.45) is 2.54. The van der Waals surface area contributed by atoms with Gasteiger partial charge in [-0.25, -0.2) is 4.39 Å². The third-order valence-electron chi connectivity index (χ3n) is 3.29. The van der Waals surface area contributed by atoms with Gasteiger partial charge in [0.05, 0.1) is 17.9 Å². The molecule has 1 saturated carbocycles. The number of nitrogens with one attached hydrogen (secondary N) is 1. The van der Waals surface area contributed by atoms with Gasteiger partial charge < -0.3 is 15.4 Å². The number of hydrogen-bond donors (Lipinski definition) is 2. The lowest BCUT2D eigenvalue weighted by atomic mass is 10.1. The number of hydrogen-bond acceptors (Lipinski definition) is 3. The number of nitrogens with two attached hydrogens (primary N) is 1. The maximum absolute atomic E-state index is 13.7. The van der Waals surface area contributed by atoms with E-state index in [0.29, 0.717) is 18.8 Å². The number of rotatable bonds is 7. The van der Waals surface area contributed by atoms with E-state index in [-0.39, 0.29) is 11.4 Å². The van der Waals surface area contributed by atoms with Crippen LogP contribution in [0.3, 0.4) is 0 Å². The van der Waals surface area contributed by atoms with E-state index >= 15 is 0 Å². The Hall–Kier alpha value is -1.62. The van der Waals surface area contributed by atoms with Crippen molar-refractivity contribution in [3.8, 4) is 0 Å². The number of likely N-dealkylation sites (N-methyl/N-ethyl adjacent to an activating group) is 1. The number of benzene rings is 1. The second kappa shape index (κ2) is 6.02. The quantitative estimate of drug-likeness (QED) is 0.450. The van der Waals surface area contributed by atoms with Gasteiger partial charge >= 0.3 is 0 Å². The Labute approximate surface area is 112 Å². The zero-order chi connectivity index (χ0) is 13.8. The number of nitrogen functional groups attached to an aromatic ring is 1. The van der Waals surface area contributed by atoms with Crippen molar-refractivity contribution in [1.82, 2.24) is 0 Å². The fourth-order valence-electron chi connectivity index (χ4n) is 1.95. The lowest BCUT2D eigenvalue weighted by Gasteiger charge is -2.22. The van der Waals surface area contributed by atoms with Gasteiger partial charge in [0.2, 0.25) is 0 Å². The molecule has 2 rings (SSSR count). The molecular formula is C14H20FN3O. The smallest absolute Gasteiger partial charge is 0.136 e. The summed E-state index contributed by atoms with van der Waals surface area (Å²) in [5, 5.41) is 7.47. The Kier molecular flexibility index (Phi) is 4.37. The molecule has 0 unspecified atom stereocenters. The van der Waals surface area contributed by atoms with Crippen molar-refractivity contribution in [2.45, 2.75) is 12.8 Å². The molecule has 1 fully saturated rings. The number of amidine groups is 1. The van der Waals surface area contributed by atoms with Gasteiger partial charge in [-0.15, -0.1) is 0 Å². The minimum atomic E-state index is -0.462. The maximum Gasteiger partial charge on any atom is 0.136 e. The monoisotopic (exact) mass is 265 g/mol. The Morgan fingerprint density at radius 1 is 1.53 bits per heavy atom. The highest BCUT2D eigenvalue weighted by molar-refractivity contribution is 6.00. The van der Waals surface area contributed by atoms with E-state index in [0.717, 1.165) is 12.5 Å². The Balaban J connectivity index is 1.95. The predicted octanol–water partition coefficient (Wildman–Crippen LogP) is 1.97. The van der Waals surface area contributed by atoms with Crippen molar-refractivity contribution < 1.29 is 9.13 Å². The fraction of sp³-hybridized carbons (Fsp3) is 0.500.